The summed E-state index contributed by atoms with van der Waals surface area (Å²) >= 11 is 0. The van der Waals surface area contributed by atoms with Crippen LogP contribution in [0.2, 0.25) is 0 Å². The molecule has 0 aliphatic carbocycles. The number of morpholine rings is 1. The maximum Gasteiger partial charge on any atom is 0.141 e. The van der Waals surface area contributed by atoms with Crippen molar-refractivity contribution in [1.29, 1.82) is 0 Å². The molecule has 0 spiro atoms. The number of H-pyrrole nitrogens is 1. The van der Waals surface area contributed by atoms with Crippen LogP contribution in [0.4, 0.5) is 5.69 Å². The van der Waals surface area contributed by atoms with Gasteiger partial charge in [-0.1, -0.05) is 0 Å². The number of nitrogens with two attached hydrogens (primary N) is 1. The van der Waals surface area contributed by atoms with Crippen LogP contribution in [0, 0.1) is 0 Å². The summed E-state index contributed by atoms with van der Waals surface area (Å²) < 4.78 is 5.45. The van der Waals surface area contributed by atoms with E-state index < -0.39 is 0 Å². The summed E-state index contributed by atoms with van der Waals surface area (Å²) in [6.45, 7) is 3.62. The van der Waals surface area contributed by atoms with E-state index in [0.717, 1.165) is 59.9 Å². The molecule has 4 N–H and O–H groups in total. The van der Waals surface area contributed by atoms with Gasteiger partial charge in [0.25, 0.3) is 0 Å². The van der Waals surface area contributed by atoms with E-state index in [1.54, 1.807) is 19.6 Å². The second-order valence-electron chi connectivity index (χ2n) is 6.98. The molecule has 9 nitrogen and oxygen atoms in total. The summed E-state index contributed by atoms with van der Waals surface area (Å²) in [5, 5.41) is 4.36. The number of allylic oxidation sites excluding steroid dienone is 1. The number of fused-ring (bicyclic) bond motifs is 1. The maximum atomic E-state index is 6.09. The van der Waals surface area contributed by atoms with Crippen molar-refractivity contribution < 1.29 is 4.74 Å². The zero-order valence-corrected chi connectivity index (χ0v) is 17.0. The molecule has 0 aromatic carbocycles. The Balaban J connectivity index is 1.59. The van der Waals surface area contributed by atoms with E-state index in [0.29, 0.717) is 6.54 Å². The Morgan fingerprint density at radius 2 is 2.23 bits per heavy atom. The van der Waals surface area contributed by atoms with Crippen LogP contribution in [0.3, 0.4) is 0 Å². The van der Waals surface area contributed by atoms with Gasteiger partial charge in [0, 0.05) is 62.4 Å². The van der Waals surface area contributed by atoms with Gasteiger partial charge >= 0.3 is 0 Å². The molecule has 1 aliphatic heterocycles. The second-order valence-corrected chi connectivity index (χ2v) is 6.98. The molecule has 1 aliphatic rings. The molecule has 0 amide bonds. The van der Waals surface area contributed by atoms with Gasteiger partial charge in [0.15, 0.2) is 0 Å². The molecule has 0 radical (unpaired) electrons. The summed E-state index contributed by atoms with van der Waals surface area (Å²) in [6.07, 6.45) is 10.8. The molecule has 4 rings (SSSR count). The van der Waals surface area contributed by atoms with Gasteiger partial charge in [0.2, 0.25) is 0 Å². The summed E-state index contributed by atoms with van der Waals surface area (Å²) in [5.41, 5.74) is 10.6. The van der Waals surface area contributed by atoms with Crippen LogP contribution in [-0.4, -0.2) is 66.0 Å². The number of ether oxygens (including phenoxy) is 1. The van der Waals surface area contributed by atoms with Crippen LogP contribution in [0.25, 0.3) is 16.6 Å². The molecule has 30 heavy (non-hydrogen) atoms. The lowest BCUT2D eigenvalue weighted by Gasteiger charge is -2.29. The van der Waals surface area contributed by atoms with Gasteiger partial charge in [-0.15, -0.1) is 0 Å². The molecular weight excluding hydrogens is 380 g/mol. The van der Waals surface area contributed by atoms with E-state index in [2.05, 4.69) is 41.2 Å². The van der Waals surface area contributed by atoms with Gasteiger partial charge in [0.05, 0.1) is 36.8 Å². The Kier molecular flexibility index (Phi) is 6.31. The van der Waals surface area contributed by atoms with Crippen LogP contribution in [-0.2, 0) is 4.74 Å². The Bertz CT molecular complexity index is 1040. The largest absolute Gasteiger partial charge is 0.382 e. The quantitative estimate of drug-likeness (QED) is 0.509. The second kappa shape index (κ2) is 9.47. The fraction of sp³-hybridized carbons (Fsp3) is 0.333. The number of nitrogens with zero attached hydrogens (tertiary/aromatic N) is 5. The van der Waals surface area contributed by atoms with Gasteiger partial charge in [-0.2, -0.15) is 0 Å². The SMILES string of the molecule is C/N=C\C(=C/NC(CN)c1cncc(N2CCOCC2)c1)c1ncnc2[nH]ccc12. The van der Waals surface area contributed by atoms with Crippen LogP contribution in [0.15, 0.2) is 48.2 Å². The van der Waals surface area contributed by atoms with E-state index in [-0.39, 0.29) is 6.04 Å². The minimum Gasteiger partial charge on any atom is -0.382 e. The van der Waals surface area contributed by atoms with Gasteiger partial charge in [0.1, 0.15) is 12.0 Å². The number of aromatic nitrogens is 4. The number of aromatic amines is 1. The van der Waals surface area contributed by atoms with Gasteiger partial charge in [-0.3, -0.25) is 9.98 Å². The van der Waals surface area contributed by atoms with Crippen molar-refractivity contribution >= 4 is 28.5 Å². The first-order chi connectivity index (χ1) is 14.8. The van der Waals surface area contributed by atoms with Crippen molar-refractivity contribution in [2.24, 2.45) is 10.7 Å². The standard InChI is InChI=1S/C21H26N8O/c1-23-10-16(20-18-2-3-25-21(18)28-14-27-20)12-26-19(9-22)15-8-17(13-24-11-15)29-4-6-30-7-5-29/h2-3,8,10-14,19,26H,4-7,9,22H2,1H3,(H,25,27,28)/b16-12+,23-10-. The van der Waals surface area contributed by atoms with Crippen molar-refractivity contribution in [3.63, 3.8) is 0 Å². The van der Waals surface area contributed by atoms with Gasteiger partial charge < -0.3 is 25.7 Å². The van der Waals surface area contributed by atoms with Crippen LogP contribution in [0.5, 0.6) is 0 Å². The number of rotatable bonds is 7. The zero-order chi connectivity index (χ0) is 20.8. The average molecular weight is 406 g/mol. The Morgan fingerprint density at radius 1 is 1.37 bits per heavy atom. The van der Waals surface area contributed by atoms with E-state index in [9.17, 15) is 0 Å². The van der Waals surface area contributed by atoms with E-state index in [4.69, 9.17) is 10.5 Å². The van der Waals surface area contributed by atoms with Crippen LogP contribution >= 0.6 is 0 Å². The summed E-state index contributed by atoms with van der Waals surface area (Å²) in [7, 11) is 1.74. The molecular formula is C21H26N8O. The molecule has 1 fully saturated rings. The van der Waals surface area contributed by atoms with Crippen molar-refractivity contribution in [2.45, 2.75) is 6.04 Å². The Morgan fingerprint density at radius 3 is 3.03 bits per heavy atom. The lowest BCUT2D eigenvalue weighted by Crippen LogP contribution is -2.36. The molecule has 3 aromatic rings. The third-order valence-electron chi connectivity index (χ3n) is 5.09. The van der Waals surface area contributed by atoms with Crippen molar-refractivity contribution in [1.82, 2.24) is 25.3 Å². The lowest BCUT2D eigenvalue weighted by molar-refractivity contribution is 0.122. The highest BCUT2D eigenvalue weighted by Crippen LogP contribution is 2.22. The Labute approximate surface area is 175 Å². The van der Waals surface area contributed by atoms with E-state index in [1.807, 2.05) is 30.9 Å². The highest BCUT2D eigenvalue weighted by Gasteiger charge is 2.15. The van der Waals surface area contributed by atoms with Crippen molar-refractivity contribution in [3.8, 4) is 0 Å². The van der Waals surface area contributed by atoms with Gasteiger partial charge in [-0.25, -0.2) is 9.97 Å². The highest BCUT2D eigenvalue weighted by molar-refractivity contribution is 6.13. The predicted octanol–water partition coefficient (Wildman–Crippen LogP) is 1.52. The van der Waals surface area contributed by atoms with Gasteiger partial charge in [-0.05, 0) is 17.7 Å². The topological polar surface area (TPSA) is 117 Å². The third kappa shape index (κ3) is 4.32. The molecule has 1 atom stereocenters. The third-order valence-corrected chi connectivity index (χ3v) is 5.09. The first-order valence-corrected chi connectivity index (χ1v) is 9.94. The number of pyridine rings is 1. The predicted molar refractivity (Wildman–Crippen MR) is 118 cm³/mol. The summed E-state index contributed by atoms with van der Waals surface area (Å²) in [4.78, 5) is 22.7. The fourth-order valence-electron chi connectivity index (χ4n) is 3.53. The summed E-state index contributed by atoms with van der Waals surface area (Å²) in [6, 6.07) is 4.00. The molecule has 0 bridgehead atoms. The molecule has 0 saturated carbocycles. The smallest absolute Gasteiger partial charge is 0.141 e. The number of anilines is 1. The molecule has 3 aromatic heterocycles. The number of aliphatic imine (C=N–C) groups is 1. The first kappa shape index (κ1) is 20.0. The molecule has 1 unspecified atom stereocenters. The number of hydrogen-bond donors (Lipinski definition) is 3. The van der Waals surface area contributed by atoms with Crippen molar-refractivity contribution in [2.75, 3.05) is 44.8 Å². The monoisotopic (exact) mass is 406 g/mol. The molecule has 156 valence electrons. The molecule has 4 heterocycles. The molecule has 9 heteroatoms. The first-order valence-electron chi connectivity index (χ1n) is 9.94. The molecule has 1 saturated heterocycles. The minimum absolute atomic E-state index is 0.0951. The van der Waals surface area contributed by atoms with Crippen LogP contribution in [0.1, 0.15) is 17.3 Å². The summed E-state index contributed by atoms with van der Waals surface area (Å²) in [5.74, 6) is 0. The van der Waals surface area contributed by atoms with E-state index >= 15 is 0 Å². The number of nitrogens with one attached hydrogen (secondary N) is 2. The normalized spacial score (nSPS) is 16.3. The average Bonchev–Trinajstić information content (AvgIpc) is 3.29. The van der Waals surface area contributed by atoms with Crippen molar-refractivity contribution in [3.05, 3.63) is 54.5 Å². The Hall–Kier alpha value is -3.30. The highest BCUT2D eigenvalue weighted by atomic mass is 16.5. The van der Waals surface area contributed by atoms with E-state index in [1.165, 1.54) is 0 Å². The lowest BCUT2D eigenvalue weighted by atomic mass is 10.1. The maximum absolute atomic E-state index is 6.09. The zero-order valence-electron chi connectivity index (χ0n) is 17.0. The fourth-order valence-corrected chi connectivity index (χ4v) is 3.53. The van der Waals surface area contributed by atoms with Crippen LogP contribution < -0.4 is 16.0 Å². The number of hydrogen-bond acceptors (Lipinski definition) is 8. The minimum atomic E-state index is -0.0951.